The summed E-state index contributed by atoms with van der Waals surface area (Å²) < 4.78 is 65.0. The van der Waals surface area contributed by atoms with Crippen LogP contribution in [0.25, 0.3) is 0 Å². The molecular weight excluding hydrogens is 305 g/mol. The second kappa shape index (κ2) is 5.61. The van der Waals surface area contributed by atoms with Gasteiger partial charge in [0, 0.05) is 5.41 Å². The van der Waals surface area contributed by atoms with E-state index in [9.17, 15) is 21.6 Å². The first-order valence-electron chi connectivity index (χ1n) is 6.65. The molecule has 0 aromatic heterocycles. The van der Waals surface area contributed by atoms with Gasteiger partial charge in [-0.15, -0.1) is 0 Å². The van der Waals surface area contributed by atoms with Crippen LogP contribution in [0, 0.1) is 0 Å². The molecule has 1 aliphatic carbocycles. The second-order valence-corrected chi connectivity index (χ2v) is 7.17. The third kappa shape index (κ3) is 3.97. The summed E-state index contributed by atoms with van der Waals surface area (Å²) in [7, 11) is -3.57. The first-order chi connectivity index (χ1) is 9.62. The van der Waals surface area contributed by atoms with Gasteiger partial charge in [0.05, 0.1) is 18.4 Å². The maximum atomic E-state index is 12.6. The molecule has 0 aliphatic heterocycles. The molecule has 1 aromatic carbocycles. The molecule has 0 amide bonds. The van der Waals surface area contributed by atoms with Crippen LogP contribution in [0.2, 0.25) is 0 Å². The van der Waals surface area contributed by atoms with Crippen molar-refractivity contribution < 1.29 is 25.8 Å². The third-order valence-electron chi connectivity index (χ3n) is 3.93. The quantitative estimate of drug-likeness (QED) is 0.797. The van der Waals surface area contributed by atoms with Crippen molar-refractivity contribution in [2.45, 2.75) is 37.3 Å². The Kier molecular flexibility index (Phi) is 4.35. The normalized spacial score (nSPS) is 18.9. The zero-order valence-electron chi connectivity index (χ0n) is 11.6. The van der Waals surface area contributed by atoms with Gasteiger partial charge in [-0.1, -0.05) is 25.0 Å². The molecule has 0 saturated heterocycles. The van der Waals surface area contributed by atoms with Gasteiger partial charge in [-0.3, -0.25) is 4.18 Å². The number of rotatable bonds is 4. The lowest BCUT2D eigenvalue weighted by Crippen LogP contribution is -2.30. The van der Waals surface area contributed by atoms with Crippen LogP contribution >= 0.6 is 0 Å². The van der Waals surface area contributed by atoms with Gasteiger partial charge >= 0.3 is 6.18 Å². The van der Waals surface area contributed by atoms with E-state index < -0.39 is 27.3 Å². The zero-order chi connectivity index (χ0) is 15.7. The van der Waals surface area contributed by atoms with E-state index in [-0.39, 0.29) is 6.61 Å². The first-order valence-corrected chi connectivity index (χ1v) is 8.46. The molecule has 0 unspecified atom stereocenters. The van der Waals surface area contributed by atoms with Crippen molar-refractivity contribution in [1.29, 1.82) is 0 Å². The third-order valence-corrected chi connectivity index (χ3v) is 4.48. The number of benzene rings is 1. The van der Waals surface area contributed by atoms with Gasteiger partial charge in [-0.2, -0.15) is 21.6 Å². The second-order valence-electron chi connectivity index (χ2n) is 5.53. The lowest BCUT2D eigenvalue weighted by atomic mass is 9.79. The van der Waals surface area contributed by atoms with E-state index in [1.807, 2.05) is 0 Å². The molecular formula is C14H17F3O3S. The Morgan fingerprint density at radius 2 is 1.67 bits per heavy atom. The van der Waals surface area contributed by atoms with Crippen LogP contribution in [0.1, 0.15) is 36.8 Å². The molecule has 118 valence electrons. The topological polar surface area (TPSA) is 43.4 Å². The molecule has 0 atom stereocenters. The first kappa shape index (κ1) is 16.3. The maximum Gasteiger partial charge on any atom is 0.416 e. The smallest absolute Gasteiger partial charge is 0.269 e. The van der Waals surface area contributed by atoms with Crippen molar-refractivity contribution in [2.75, 3.05) is 12.9 Å². The Hall–Kier alpha value is -1.08. The highest BCUT2D eigenvalue weighted by Crippen LogP contribution is 2.42. The van der Waals surface area contributed by atoms with Crippen LogP contribution in [-0.4, -0.2) is 21.3 Å². The van der Waals surface area contributed by atoms with Crippen LogP contribution in [0.3, 0.4) is 0 Å². The van der Waals surface area contributed by atoms with Gasteiger partial charge in [-0.25, -0.2) is 0 Å². The van der Waals surface area contributed by atoms with Gasteiger partial charge in [0.2, 0.25) is 0 Å². The molecule has 3 nitrogen and oxygen atoms in total. The number of hydrogen-bond acceptors (Lipinski definition) is 3. The van der Waals surface area contributed by atoms with E-state index >= 15 is 0 Å². The molecule has 0 bridgehead atoms. The highest BCUT2D eigenvalue weighted by Gasteiger charge is 2.38. The van der Waals surface area contributed by atoms with Gasteiger partial charge in [0.1, 0.15) is 0 Å². The fourth-order valence-electron chi connectivity index (χ4n) is 2.80. The summed E-state index contributed by atoms with van der Waals surface area (Å²) in [6.45, 7) is -0.0167. The van der Waals surface area contributed by atoms with Crippen molar-refractivity contribution in [3.63, 3.8) is 0 Å². The minimum absolute atomic E-state index is 0.0167. The van der Waals surface area contributed by atoms with E-state index in [1.165, 1.54) is 12.1 Å². The number of hydrogen-bond donors (Lipinski definition) is 0. The van der Waals surface area contributed by atoms with Crippen molar-refractivity contribution in [3.05, 3.63) is 35.4 Å². The standard InChI is InChI=1S/C14H17F3O3S/c1-21(18,19)20-10-13(8-2-3-9-13)11-4-6-12(7-5-11)14(15,16)17/h4-7H,2-3,8-10H2,1H3. The Bertz CT molecular complexity index is 585. The molecule has 1 fully saturated rings. The average Bonchev–Trinajstić information content (AvgIpc) is 2.85. The Morgan fingerprint density at radius 3 is 2.10 bits per heavy atom. The summed E-state index contributed by atoms with van der Waals surface area (Å²) in [6, 6.07) is 4.94. The fourth-order valence-corrected chi connectivity index (χ4v) is 3.24. The molecule has 0 radical (unpaired) electrons. The molecule has 21 heavy (non-hydrogen) atoms. The van der Waals surface area contributed by atoms with Crippen molar-refractivity contribution >= 4 is 10.1 Å². The monoisotopic (exact) mass is 322 g/mol. The largest absolute Gasteiger partial charge is 0.416 e. The van der Waals surface area contributed by atoms with Gasteiger partial charge in [0.15, 0.2) is 0 Å². The molecule has 2 rings (SSSR count). The van der Waals surface area contributed by atoms with E-state index in [0.29, 0.717) is 18.4 Å². The van der Waals surface area contributed by atoms with Crippen LogP contribution in [0.15, 0.2) is 24.3 Å². The molecule has 1 aliphatic rings. The number of alkyl halides is 3. The minimum atomic E-state index is -4.37. The number of halogens is 3. The molecule has 1 saturated carbocycles. The Balaban J connectivity index is 2.26. The van der Waals surface area contributed by atoms with E-state index in [0.717, 1.165) is 31.2 Å². The molecule has 0 heterocycles. The van der Waals surface area contributed by atoms with Crippen molar-refractivity contribution in [1.82, 2.24) is 0 Å². The van der Waals surface area contributed by atoms with E-state index in [4.69, 9.17) is 4.18 Å². The van der Waals surface area contributed by atoms with Crippen molar-refractivity contribution in [3.8, 4) is 0 Å². The minimum Gasteiger partial charge on any atom is -0.269 e. The predicted molar refractivity (Wildman–Crippen MR) is 72.4 cm³/mol. The van der Waals surface area contributed by atoms with Crippen molar-refractivity contribution in [2.24, 2.45) is 0 Å². The van der Waals surface area contributed by atoms with Gasteiger partial charge in [0.25, 0.3) is 10.1 Å². The summed E-state index contributed by atoms with van der Waals surface area (Å²) in [4.78, 5) is 0. The van der Waals surface area contributed by atoms with Gasteiger partial charge in [-0.05, 0) is 30.5 Å². The molecule has 0 N–H and O–H groups in total. The molecule has 7 heteroatoms. The van der Waals surface area contributed by atoms with E-state index in [1.54, 1.807) is 0 Å². The van der Waals surface area contributed by atoms with E-state index in [2.05, 4.69) is 0 Å². The highest BCUT2D eigenvalue weighted by atomic mass is 32.2. The van der Waals surface area contributed by atoms with Crippen LogP contribution in [0.5, 0.6) is 0 Å². The summed E-state index contributed by atoms with van der Waals surface area (Å²) in [5.74, 6) is 0. The zero-order valence-corrected chi connectivity index (χ0v) is 12.4. The Morgan fingerprint density at radius 1 is 1.14 bits per heavy atom. The fraction of sp³-hybridized carbons (Fsp3) is 0.571. The lowest BCUT2D eigenvalue weighted by Gasteiger charge is -2.29. The van der Waals surface area contributed by atoms with Crippen LogP contribution < -0.4 is 0 Å². The predicted octanol–water partition coefficient (Wildman–Crippen LogP) is 3.49. The molecule has 0 spiro atoms. The van der Waals surface area contributed by atoms with Crippen LogP contribution in [-0.2, 0) is 25.9 Å². The lowest BCUT2D eigenvalue weighted by molar-refractivity contribution is -0.137. The Labute approximate surface area is 122 Å². The van der Waals surface area contributed by atoms with Crippen LogP contribution in [0.4, 0.5) is 13.2 Å². The summed E-state index contributed by atoms with van der Waals surface area (Å²) in [5, 5.41) is 0. The average molecular weight is 322 g/mol. The summed E-state index contributed by atoms with van der Waals surface area (Å²) in [5.41, 5.74) is -0.507. The highest BCUT2D eigenvalue weighted by molar-refractivity contribution is 7.85. The van der Waals surface area contributed by atoms with Gasteiger partial charge < -0.3 is 0 Å². The SMILES string of the molecule is CS(=O)(=O)OCC1(c2ccc(C(F)(F)F)cc2)CCCC1. The molecule has 1 aromatic rings. The summed E-state index contributed by atoms with van der Waals surface area (Å²) in [6.07, 6.45) is -0.142. The maximum absolute atomic E-state index is 12.6. The summed E-state index contributed by atoms with van der Waals surface area (Å²) >= 11 is 0.